The second-order valence-electron chi connectivity index (χ2n) is 4.73. The molecule has 0 fully saturated rings. The van der Waals surface area contributed by atoms with E-state index in [0.29, 0.717) is 11.4 Å². The van der Waals surface area contributed by atoms with E-state index in [2.05, 4.69) is 4.98 Å². The van der Waals surface area contributed by atoms with Crippen LogP contribution in [0.2, 0.25) is 0 Å². The average molecular weight is 273 g/mol. The zero-order valence-electron chi connectivity index (χ0n) is 11.9. The second-order valence-corrected chi connectivity index (χ2v) is 4.73. The maximum Gasteiger partial charge on any atom is 0.143 e. The van der Waals surface area contributed by atoms with Crippen molar-refractivity contribution < 1.29 is 14.6 Å². The molecule has 106 valence electrons. The summed E-state index contributed by atoms with van der Waals surface area (Å²) in [4.78, 5) is 4.20. The average Bonchev–Trinajstić information content (AvgIpc) is 2.46. The van der Waals surface area contributed by atoms with Crippen LogP contribution in [0.3, 0.4) is 0 Å². The van der Waals surface area contributed by atoms with E-state index in [0.717, 1.165) is 11.3 Å². The number of nitrogens with zero attached hydrogens (tertiary/aromatic N) is 1. The minimum absolute atomic E-state index is 0.0896. The Bertz CT molecular complexity index is 569. The van der Waals surface area contributed by atoms with Gasteiger partial charge in [0.1, 0.15) is 23.3 Å². The third-order valence-electron chi connectivity index (χ3n) is 2.82. The second kappa shape index (κ2) is 6.39. The molecule has 1 N–H and O–H groups in total. The van der Waals surface area contributed by atoms with Crippen molar-refractivity contribution in [2.75, 3.05) is 7.11 Å². The van der Waals surface area contributed by atoms with E-state index in [1.165, 1.54) is 0 Å². The molecule has 1 heterocycles. The molecule has 0 amide bonds. The van der Waals surface area contributed by atoms with Crippen LogP contribution in [0.1, 0.15) is 31.2 Å². The first-order chi connectivity index (χ1) is 9.61. The van der Waals surface area contributed by atoms with Crippen LogP contribution in [0.4, 0.5) is 0 Å². The summed E-state index contributed by atoms with van der Waals surface area (Å²) in [6, 6.07) is 10.9. The molecule has 0 spiro atoms. The molecule has 0 aliphatic heterocycles. The molecule has 0 saturated carbocycles. The first kappa shape index (κ1) is 14.3. The third-order valence-corrected chi connectivity index (χ3v) is 2.82. The standard InChI is InChI=1S/C16H19NO3/c1-11(2)20-13-7-4-6-12(10-13)16(18)15-14(19-3)8-5-9-17-15/h4-11,16,18H,1-3H3. The van der Waals surface area contributed by atoms with Gasteiger partial charge in [0.15, 0.2) is 0 Å². The van der Waals surface area contributed by atoms with Crippen molar-refractivity contribution in [2.24, 2.45) is 0 Å². The van der Waals surface area contributed by atoms with E-state index in [-0.39, 0.29) is 6.10 Å². The quantitative estimate of drug-likeness (QED) is 0.910. The van der Waals surface area contributed by atoms with Crippen LogP contribution in [0.5, 0.6) is 11.5 Å². The smallest absolute Gasteiger partial charge is 0.143 e. The highest BCUT2D eigenvalue weighted by molar-refractivity contribution is 5.38. The Hall–Kier alpha value is -2.07. The van der Waals surface area contributed by atoms with Crippen molar-refractivity contribution in [1.29, 1.82) is 0 Å². The number of hydrogen-bond donors (Lipinski definition) is 1. The summed E-state index contributed by atoms with van der Waals surface area (Å²) in [5.74, 6) is 1.29. The van der Waals surface area contributed by atoms with E-state index >= 15 is 0 Å². The molecule has 0 bridgehead atoms. The fraction of sp³-hybridized carbons (Fsp3) is 0.312. The van der Waals surface area contributed by atoms with Crippen molar-refractivity contribution in [2.45, 2.75) is 26.1 Å². The highest BCUT2D eigenvalue weighted by Crippen LogP contribution is 2.29. The first-order valence-electron chi connectivity index (χ1n) is 6.55. The molecule has 1 aromatic carbocycles. The van der Waals surface area contributed by atoms with Crippen LogP contribution in [-0.4, -0.2) is 23.3 Å². The fourth-order valence-electron chi connectivity index (χ4n) is 1.97. The molecule has 1 unspecified atom stereocenters. The van der Waals surface area contributed by atoms with Crippen molar-refractivity contribution in [3.05, 3.63) is 53.9 Å². The lowest BCUT2D eigenvalue weighted by atomic mass is 10.1. The summed E-state index contributed by atoms with van der Waals surface area (Å²) in [7, 11) is 1.56. The Morgan fingerprint density at radius 1 is 1.15 bits per heavy atom. The van der Waals surface area contributed by atoms with E-state index in [9.17, 15) is 5.11 Å². The maximum absolute atomic E-state index is 10.5. The molecule has 2 rings (SSSR count). The van der Waals surface area contributed by atoms with E-state index in [1.54, 1.807) is 25.4 Å². The van der Waals surface area contributed by atoms with Gasteiger partial charge in [-0.3, -0.25) is 4.98 Å². The van der Waals surface area contributed by atoms with E-state index in [4.69, 9.17) is 9.47 Å². The molecule has 0 aliphatic rings. The number of pyridine rings is 1. The van der Waals surface area contributed by atoms with E-state index in [1.807, 2.05) is 38.1 Å². The van der Waals surface area contributed by atoms with Crippen molar-refractivity contribution >= 4 is 0 Å². The van der Waals surface area contributed by atoms with Gasteiger partial charge in [0, 0.05) is 6.20 Å². The molecule has 2 aromatic rings. The van der Waals surface area contributed by atoms with Gasteiger partial charge in [0.25, 0.3) is 0 Å². The maximum atomic E-state index is 10.5. The summed E-state index contributed by atoms with van der Waals surface area (Å²) in [5.41, 5.74) is 1.22. The van der Waals surface area contributed by atoms with Gasteiger partial charge in [0.2, 0.25) is 0 Å². The van der Waals surface area contributed by atoms with Gasteiger partial charge in [-0.05, 0) is 43.7 Å². The Labute approximate surface area is 119 Å². The largest absolute Gasteiger partial charge is 0.495 e. The SMILES string of the molecule is COc1cccnc1C(O)c1cccc(OC(C)C)c1. The normalized spacial score (nSPS) is 12.2. The predicted octanol–water partition coefficient (Wildman–Crippen LogP) is 2.96. The first-order valence-corrected chi connectivity index (χ1v) is 6.55. The Balaban J connectivity index is 2.30. The molecule has 1 atom stereocenters. The monoisotopic (exact) mass is 273 g/mol. The molecular weight excluding hydrogens is 254 g/mol. The number of hydrogen-bond acceptors (Lipinski definition) is 4. The zero-order valence-corrected chi connectivity index (χ0v) is 11.9. The third kappa shape index (κ3) is 3.27. The molecular formula is C16H19NO3. The van der Waals surface area contributed by atoms with Crippen LogP contribution < -0.4 is 9.47 Å². The van der Waals surface area contributed by atoms with Crippen molar-refractivity contribution in [3.63, 3.8) is 0 Å². The molecule has 0 saturated heterocycles. The lowest BCUT2D eigenvalue weighted by molar-refractivity contribution is 0.206. The molecule has 20 heavy (non-hydrogen) atoms. The van der Waals surface area contributed by atoms with Crippen molar-refractivity contribution in [3.8, 4) is 11.5 Å². The van der Waals surface area contributed by atoms with Gasteiger partial charge < -0.3 is 14.6 Å². The van der Waals surface area contributed by atoms with Crippen molar-refractivity contribution in [1.82, 2.24) is 4.98 Å². The number of aliphatic hydroxyl groups excluding tert-OH is 1. The number of benzene rings is 1. The van der Waals surface area contributed by atoms with Gasteiger partial charge in [-0.2, -0.15) is 0 Å². The summed E-state index contributed by atoms with van der Waals surface area (Å²) < 4.78 is 10.9. The van der Waals surface area contributed by atoms with Gasteiger partial charge >= 0.3 is 0 Å². The number of aromatic nitrogens is 1. The molecule has 0 radical (unpaired) electrons. The molecule has 4 nitrogen and oxygen atoms in total. The summed E-state index contributed by atoms with van der Waals surface area (Å²) in [5, 5.41) is 10.5. The van der Waals surface area contributed by atoms with Gasteiger partial charge in [-0.1, -0.05) is 12.1 Å². The Morgan fingerprint density at radius 2 is 1.95 bits per heavy atom. The Kier molecular flexibility index (Phi) is 4.58. The lowest BCUT2D eigenvalue weighted by Gasteiger charge is -2.16. The summed E-state index contributed by atoms with van der Waals surface area (Å²) in [6.07, 6.45) is 0.879. The molecule has 1 aromatic heterocycles. The van der Waals surface area contributed by atoms with Gasteiger partial charge in [0.05, 0.1) is 13.2 Å². The van der Waals surface area contributed by atoms with Gasteiger partial charge in [-0.25, -0.2) is 0 Å². The molecule has 0 aliphatic carbocycles. The number of aliphatic hydroxyl groups is 1. The topological polar surface area (TPSA) is 51.6 Å². The highest BCUT2D eigenvalue weighted by Gasteiger charge is 2.17. The minimum Gasteiger partial charge on any atom is -0.495 e. The van der Waals surface area contributed by atoms with Crippen LogP contribution in [0, 0.1) is 0 Å². The van der Waals surface area contributed by atoms with Crippen LogP contribution in [0.25, 0.3) is 0 Å². The number of methoxy groups -OCH3 is 1. The number of rotatable bonds is 5. The van der Waals surface area contributed by atoms with Crippen LogP contribution >= 0.6 is 0 Å². The van der Waals surface area contributed by atoms with Crippen LogP contribution in [-0.2, 0) is 0 Å². The number of ether oxygens (including phenoxy) is 2. The highest BCUT2D eigenvalue weighted by atomic mass is 16.5. The fourth-order valence-corrected chi connectivity index (χ4v) is 1.97. The lowest BCUT2D eigenvalue weighted by Crippen LogP contribution is -2.08. The van der Waals surface area contributed by atoms with Crippen LogP contribution in [0.15, 0.2) is 42.6 Å². The van der Waals surface area contributed by atoms with E-state index < -0.39 is 6.10 Å². The van der Waals surface area contributed by atoms with Gasteiger partial charge in [-0.15, -0.1) is 0 Å². The predicted molar refractivity (Wildman–Crippen MR) is 77.1 cm³/mol. The zero-order chi connectivity index (χ0) is 14.5. The summed E-state index contributed by atoms with van der Waals surface area (Å²) >= 11 is 0. The minimum atomic E-state index is -0.845. The summed E-state index contributed by atoms with van der Waals surface area (Å²) in [6.45, 7) is 3.93. The molecule has 4 heteroatoms. The Morgan fingerprint density at radius 3 is 2.65 bits per heavy atom.